The maximum Gasteiger partial charge on any atom is 0.330 e. The average molecular weight is 665 g/mol. The summed E-state index contributed by atoms with van der Waals surface area (Å²) < 4.78 is 39.0. The van der Waals surface area contributed by atoms with Crippen LogP contribution in [0, 0.1) is 13.8 Å². The number of hydrogen-bond acceptors (Lipinski definition) is 10. The fraction of sp³-hybridized carbons (Fsp3) is 0.688. The van der Waals surface area contributed by atoms with E-state index in [1.165, 1.54) is 23.9 Å². The van der Waals surface area contributed by atoms with E-state index in [4.69, 9.17) is 18.9 Å². The van der Waals surface area contributed by atoms with Gasteiger partial charge in [0.2, 0.25) is 0 Å². The molecule has 0 saturated carbocycles. The SMILES string of the molecule is Cc1cn([C@@H]2CC[C@H](COC(=O)CCCCCCCCCCC(=O)OC[C@H]3O[C@@H](n4cc(C)c(=O)[nH]c4=O)C[C@@H]3F)O2)c(=O)[nH]c1=O. The van der Waals surface area contributed by atoms with Crippen molar-refractivity contribution in [2.75, 3.05) is 13.2 Å². The van der Waals surface area contributed by atoms with Crippen LogP contribution >= 0.6 is 0 Å². The molecule has 2 aliphatic rings. The lowest BCUT2D eigenvalue weighted by atomic mass is 10.1. The van der Waals surface area contributed by atoms with Crippen molar-refractivity contribution < 1.29 is 32.9 Å². The maximum absolute atomic E-state index is 14.5. The zero-order chi connectivity index (χ0) is 33.9. The van der Waals surface area contributed by atoms with Gasteiger partial charge in [0.15, 0.2) is 0 Å². The number of carbonyl (C=O) groups is 2. The van der Waals surface area contributed by atoms with Gasteiger partial charge in [-0.2, -0.15) is 0 Å². The minimum Gasteiger partial charge on any atom is -0.463 e. The smallest absolute Gasteiger partial charge is 0.330 e. The van der Waals surface area contributed by atoms with Gasteiger partial charge in [-0.05, 0) is 39.5 Å². The van der Waals surface area contributed by atoms with Gasteiger partial charge in [-0.1, -0.05) is 38.5 Å². The Labute approximate surface area is 270 Å². The van der Waals surface area contributed by atoms with Gasteiger partial charge >= 0.3 is 23.3 Å². The van der Waals surface area contributed by atoms with Gasteiger partial charge in [-0.3, -0.25) is 38.3 Å². The van der Waals surface area contributed by atoms with E-state index in [2.05, 4.69) is 9.97 Å². The Morgan fingerprint density at radius 2 is 1.23 bits per heavy atom. The Hall–Kier alpha value is -3.85. The molecule has 4 rings (SSSR count). The second-order valence-corrected chi connectivity index (χ2v) is 12.3. The van der Waals surface area contributed by atoms with Crippen molar-refractivity contribution >= 4 is 11.9 Å². The lowest BCUT2D eigenvalue weighted by molar-refractivity contribution is -0.150. The van der Waals surface area contributed by atoms with Gasteiger partial charge in [0.05, 0.1) is 6.10 Å². The van der Waals surface area contributed by atoms with Gasteiger partial charge in [0.25, 0.3) is 11.1 Å². The molecule has 0 unspecified atom stereocenters. The molecule has 14 nitrogen and oxygen atoms in total. The summed E-state index contributed by atoms with van der Waals surface area (Å²) in [6.07, 6.45) is 7.63. The van der Waals surface area contributed by atoms with Crippen LogP contribution in [-0.2, 0) is 28.5 Å². The van der Waals surface area contributed by atoms with E-state index in [0.29, 0.717) is 36.8 Å². The molecule has 0 aliphatic carbocycles. The quantitative estimate of drug-likeness (QED) is 0.189. The molecule has 4 heterocycles. The van der Waals surface area contributed by atoms with E-state index in [1.807, 2.05) is 0 Å². The number of alkyl halides is 1. The summed E-state index contributed by atoms with van der Waals surface area (Å²) in [7, 11) is 0. The summed E-state index contributed by atoms with van der Waals surface area (Å²) >= 11 is 0. The minimum absolute atomic E-state index is 0.0829. The number of aryl methyl sites for hydroxylation is 2. The Bertz CT molecular complexity index is 1600. The molecule has 0 aromatic carbocycles. The molecule has 0 amide bonds. The first kappa shape index (κ1) is 36.0. The molecule has 15 heteroatoms. The van der Waals surface area contributed by atoms with E-state index in [9.17, 15) is 33.2 Å². The number of halogens is 1. The highest BCUT2D eigenvalue weighted by atomic mass is 19.1. The maximum atomic E-state index is 14.5. The number of aromatic nitrogens is 4. The number of H-pyrrole nitrogens is 2. The third-order valence-electron chi connectivity index (χ3n) is 8.51. The summed E-state index contributed by atoms with van der Waals surface area (Å²) in [5, 5.41) is 0. The molecule has 2 aromatic rings. The highest BCUT2D eigenvalue weighted by Gasteiger charge is 2.38. The molecule has 2 N–H and O–H groups in total. The Kier molecular flexibility index (Phi) is 13.3. The van der Waals surface area contributed by atoms with Crippen molar-refractivity contribution in [3.63, 3.8) is 0 Å². The Balaban J connectivity index is 0.971. The van der Waals surface area contributed by atoms with Crippen LogP contribution in [0.1, 0.15) is 107 Å². The molecule has 2 aromatic heterocycles. The van der Waals surface area contributed by atoms with E-state index >= 15 is 0 Å². The van der Waals surface area contributed by atoms with Gasteiger partial charge in [-0.25, -0.2) is 14.0 Å². The first-order valence-electron chi connectivity index (χ1n) is 16.4. The van der Waals surface area contributed by atoms with Gasteiger partial charge in [0.1, 0.15) is 37.9 Å². The molecule has 2 aliphatic heterocycles. The molecular formula is C32H45FN4O10. The number of rotatable bonds is 17. The number of ether oxygens (including phenoxy) is 4. The van der Waals surface area contributed by atoms with E-state index in [0.717, 1.165) is 49.5 Å². The highest BCUT2D eigenvalue weighted by Crippen LogP contribution is 2.30. The monoisotopic (exact) mass is 664 g/mol. The normalized spacial score (nSPS) is 22.4. The van der Waals surface area contributed by atoms with Gasteiger partial charge in [-0.15, -0.1) is 0 Å². The largest absolute Gasteiger partial charge is 0.463 e. The average Bonchev–Trinajstić information content (AvgIpc) is 3.65. The zero-order valence-corrected chi connectivity index (χ0v) is 27.0. The molecule has 0 radical (unpaired) electrons. The van der Waals surface area contributed by atoms with Crippen LogP contribution in [0.2, 0.25) is 0 Å². The summed E-state index contributed by atoms with van der Waals surface area (Å²) in [5.41, 5.74) is -1.41. The number of esters is 2. The second-order valence-electron chi connectivity index (χ2n) is 12.3. The number of carbonyl (C=O) groups excluding carboxylic acids is 2. The minimum atomic E-state index is -1.41. The summed E-state index contributed by atoms with van der Waals surface area (Å²) in [4.78, 5) is 75.9. The summed E-state index contributed by atoms with van der Waals surface area (Å²) in [6.45, 7) is 3.05. The summed E-state index contributed by atoms with van der Waals surface area (Å²) in [5.74, 6) is -0.700. The second kappa shape index (κ2) is 17.3. The molecule has 0 spiro atoms. The van der Waals surface area contributed by atoms with Crippen molar-refractivity contribution in [2.24, 2.45) is 0 Å². The predicted molar refractivity (Wildman–Crippen MR) is 167 cm³/mol. The number of nitrogens with one attached hydrogen (secondary N) is 2. The van der Waals surface area contributed by atoms with Crippen LogP contribution in [0.3, 0.4) is 0 Å². The van der Waals surface area contributed by atoms with Gasteiger partial charge < -0.3 is 18.9 Å². The molecular weight excluding hydrogens is 619 g/mol. The fourth-order valence-corrected chi connectivity index (χ4v) is 5.73. The summed E-state index contributed by atoms with van der Waals surface area (Å²) in [6, 6.07) is 0. The topological polar surface area (TPSA) is 181 Å². The van der Waals surface area contributed by atoms with Crippen LogP contribution in [0.25, 0.3) is 0 Å². The van der Waals surface area contributed by atoms with Crippen molar-refractivity contribution in [1.29, 1.82) is 0 Å². The third-order valence-corrected chi connectivity index (χ3v) is 8.51. The molecule has 260 valence electrons. The molecule has 47 heavy (non-hydrogen) atoms. The molecule has 0 bridgehead atoms. The Morgan fingerprint density at radius 3 is 1.79 bits per heavy atom. The molecule has 2 saturated heterocycles. The first-order chi connectivity index (χ1) is 22.5. The third kappa shape index (κ3) is 10.6. The van der Waals surface area contributed by atoms with Crippen LogP contribution in [-0.4, -0.2) is 62.6 Å². The lowest BCUT2D eigenvalue weighted by Gasteiger charge is -2.16. The number of unbranched alkanes of at least 4 members (excludes halogenated alkanes) is 7. The van der Waals surface area contributed by atoms with Crippen LogP contribution in [0.15, 0.2) is 31.6 Å². The van der Waals surface area contributed by atoms with Crippen LogP contribution in [0.5, 0.6) is 0 Å². The molecule has 2 fully saturated rings. The van der Waals surface area contributed by atoms with Crippen LogP contribution in [0.4, 0.5) is 4.39 Å². The van der Waals surface area contributed by atoms with Crippen molar-refractivity contribution in [2.45, 2.75) is 128 Å². The molecule has 5 atom stereocenters. The van der Waals surface area contributed by atoms with E-state index in [-0.39, 0.29) is 38.1 Å². The number of aromatic amines is 2. The highest BCUT2D eigenvalue weighted by molar-refractivity contribution is 5.69. The first-order valence-corrected chi connectivity index (χ1v) is 16.4. The number of hydrogen-bond donors (Lipinski definition) is 2. The number of nitrogens with zero attached hydrogens (tertiary/aromatic N) is 2. The predicted octanol–water partition coefficient (Wildman–Crippen LogP) is 2.99. The Morgan fingerprint density at radius 1 is 0.745 bits per heavy atom. The standard InChI is InChI=1S/C32H45FN4O10/c1-20-16-36(31(42)34-29(20)40)25-14-13-22(46-25)18-44-27(38)11-9-7-5-3-4-6-8-10-12-28(39)45-19-24-23(33)15-26(47-24)37-17-21(2)30(41)35-32(37)43/h16-17,22-26H,3-15,18-19H2,1-2H3,(H,34,40,42)(H,35,41,43)/t22-,23+,24-,25+,26-/m1/s1. The van der Waals surface area contributed by atoms with Crippen molar-refractivity contribution in [3.8, 4) is 0 Å². The van der Waals surface area contributed by atoms with E-state index < -0.39 is 53.2 Å². The van der Waals surface area contributed by atoms with E-state index in [1.54, 1.807) is 6.92 Å². The van der Waals surface area contributed by atoms with Crippen LogP contribution < -0.4 is 22.5 Å². The lowest BCUT2D eigenvalue weighted by Crippen LogP contribution is -2.33. The van der Waals surface area contributed by atoms with Crippen molar-refractivity contribution in [3.05, 3.63) is 65.2 Å². The van der Waals surface area contributed by atoms with Gasteiger partial charge in [0, 0.05) is 42.8 Å². The zero-order valence-electron chi connectivity index (χ0n) is 27.0. The fourth-order valence-electron chi connectivity index (χ4n) is 5.73. The van der Waals surface area contributed by atoms with Crippen molar-refractivity contribution in [1.82, 2.24) is 19.1 Å².